The molecule has 0 bridgehead atoms. The molecule has 2 aromatic rings. The Kier molecular flexibility index (Phi) is 6.62. The molecule has 2 aliphatic heterocycles. The van der Waals surface area contributed by atoms with Crippen molar-refractivity contribution >= 4 is 11.8 Å². The summed E-state index contributed by atoms with van der Waals surface area (Å²) in [6, 6.07) is 12.6. The summed E-state index contributed by atoms with van der Waals surface area (Å²) in [6.45, 7) is 6.32. The van der Waals surface area contributed by atoms with E-state index in [0.29, 0.717) is 13.1 Å². The van der Waals surface area contributed by atoms with Crippen LogP contribution in [0, 0.1) is 0 Å². The van der Waals surface area contributed by atoms with Crippen molar-refractivity contribution in [1.29, 1.82) is 0 Å². The van der Waals surface area contributed by atoms with Crippen molar-refractivity contribution in [1.82, 2.24) is 20.5 Å². The molecule has 2 aliphatic rings. The molecule has 0 aliphatic carbocycles. The van der Waals surface area contributed by atoms with Crippen molar-refractivity contribution in [2.24, 2.45) is 0 Å². The van der Waals surface area contributed by atoms with Crippen molar-refractivity contribution in [3.63, 3.8) is 0 Å². The van der Waals surface area contributed by atoms with Gasteiger partial charge in [0, 0.05) is 38.9 Å². The molecule has 1 aromatic carbocycles. The van der Waals surface area contributed by atoms with E-state index in [1.807, 2.05) is 6.20 Å². The number of fused-ring (bicyclic) bond motifs is 1. The van der Waals surface area contributed by atoms with Crippen molar-refractivity contribution in [2.45, 2.75) is 38.8 Å². The number of urea groups is 1. The standard InChI is InChI=1S/C23H31N5O/c29-23(24-11-15-27-12-4-1-5-13-27)26-17-19-8-9-22(25-16-19)28-14-10-20-6-2-3-7-21(20)18-28/h2-3,6-9,16H,1,4-5,10-15,17-18H2,(H2,24,26,29). The van der Waals surface area contributed by atoms with Crippen LogP contribution in [0.15, 0.2) is 42.6 Å². The summed E-state index contributed by atoms with van der Waals surface area (Å²) in [6.07, 6.45) is 6.81. The number of hydrogen-bond donors (Lipinski definition) is 2. The molecule has 0 unspecified atom stereocenters. The molecule has 4 rings (SSSR count). The minimum absolute atomic E-state index is 0.112. The molecule has 6 heteroatoms. The zero-order chi connectivity index (χ0) is 19.9. The number of hydrogen-bond acceptors (Lipinski definition) is 4. The first-order valence-electron chi connectivity index (χ1n) is 10.8. The summed E-state index contributed by atoms with van der Waals surface area (Å²) in [5.41, 5.74) is 3.83. The molecule has 1 fully saturated rings. The van der Waals surface area contributed by atoms with Gasteiger partial charge in [0.05, 0.1) is 0 Å². The molecular weight excluding hydrogens is 362 g/mol. The van der Waals surface area contributed by atoms with Gasteiger partial charge in [-0.15, -0.1) is 0 Å². The molecule has 154 valence electrons. The van der Waals surface area contributed by atoms with Gasteiger partial charge in [-0.3, -0.25) is 0 Å². The summed E-state index contributed by atoms with van der Waals surface area (Å²) in [5, 5.41) is 5.88. The normalized spacial score (nSPS) is 16.9. The zero-order valence-electron chi connectivity index (χ0n) is 17.1. The van der Waals surface area contributed by atoms with Gasteiger partial charge in [-0.05, 0) is 55.1 Å². The summed E-state index contributed by atoms with van der Waals surface area (Å²) >= 11 is 0. The van der Waals surface area contributed by atoms with Crippen molar-refractivity contribution in [2.75, 3.05) is 37.6 Å². The minimum Gasteiger partial charge on any atom is -0.352 e. The number of nitrogens with one attached hydrogen (secondary N) is 2. The minimum atomic E-state index is -0.112. The molecule has 0 saturated carbocycles. The average molecular weight is 394 g/mol. The fourth-order valence-electron chi connectivity index (χ4n) is 4.15. The molecule has 6 nitrogen and oxygen atoms in total. The number of likely N-dealkylation sites (tertiary alicyclic amines) is 1. The molecule has 3 heterocycles. The SMILES string of the molecule is O=C(NCCN1CCCCC1)NCc1ccc(N2CCc3ccccc3C2)nc1. The quantitative estimate of drug-likeness (QED) is 0.792. The predicted octanol–water partition coefficient (Wildman–Crippen LogP) is 2.93. The molecule has 2 N–H and O–H groups in total. The lowest BCUT2D eigenvalue weighted by Gasteiger charge is -2.29. The highest BCUT2D eigenvalue weighted by Crippen LogP contribution is 2.22. The lowest BCUT2D eigenvalue weighted by atomic mass is 10.00. The van der Waals surface area contributed by atoms with Crippen molar-refractivity contribution in [3.05, 3.63) is 59.3 Å². The monoisotopic (exact) mass is 393 g/mol. The van der Waals surface area contributed by atoms with Crippen LogP contribution in [0.4, 0.5) is 10.6 Å². The summed E-state index contributed by atoms with van der Waals surface area (Å²) in [7, 11) is 0. The number of anilines is 1. The fraction of sp³-hybridized carbons (Fsp3) is 0.478. The Morgan fingerprint density at radius 2 is 1.79 bits per heavy atom. The maximum absolute atomic E-state index is 12.0. The van der Waals surface area contributed by atoms with Crippen LogP contribution in [0.5, 0.6) is 0 Å². The molecular formula is C23H31N5O. The molecule has 29 heavy (non-hydrogen) atoms. The van der Waals surface area contributed by atoms with E-state index >= 15 is 0 Å². The topological polar surface area (TPSA) is 60.5 Å². The van der Waals surface area contributed by atoms with Crippen molar-refractivity contribution in [3.8, 4) is 0 Å². The lowest BCUT2D eigenvalue weighted by Crippen LogP contribution is -2.41. The number of rotatable bonds is 6. The Labute approximate surface area is 173 Å². The highest BCUT2D eigenvalue weighted by Gasteiger charge is 2.16. The van der Waals surface area contributed by atoms with Crippen LogP contribution in [0.2, 0.25) is 0 Å². The maximum atomic E-state index is 12.0. The summed E-state index contributed by atoms with van der Waals surface area (Å²) in [4.78, 5) is 21.4. The maximum Gasteiger partial charge on any atom is 0.315 e. The Hall–Kier alpha value is -2.60. The van der Waals surface area contributed by atoms with E-state index in [1.165, 1.54) is 30.4 Å². The summed E-state index contributed by atoms with van der Waals surface area (Å²) < 4.78 is 0. The van der Waals surface area contributed by atoms with Crippen LogP contribution in [-0.4, -0.2) is 48.6 Å². The van der Waals surface area contributed by atoms with Crippen LogP contribution in [0.25, 0.3) is 0 Å². The highest BCUT2D eigenvalue weighted by atomic mass is 16.2. The third-order valence-electron chi connectivity index (χ3n) is 5.88. The number of carbonyl (C=O) groups excluding carboxylic acids is 1. The van der Waals surface area contributed by atoms with Crippen LogP contribution >= 0.6 is 0 Å². The molecule has 1 saturated heterocycles. The van der Waals surface area contributed by atoms with E-state index in [2.05, 4.69) is 61.8 Å². The number of aromatic nitrogens is 1. The predicted molar refractivity (Wildman–Crippen MR) is 116 cm³/mol. The lowest BCUT2D eigenvalue weighted by molar-refractivity contribution is 0.220. The second-order valence-corrected chi connectivity index (χ2v) is 7.98. The van der Waals surface area contributed by atoms with E-state index in [-0.39, 0.29) is 6.03 Å². The second-order valence-electron chi connectivity index (χ2n) is 7.98. The van der Waals surface area contributed by atoms with Crippen molar-refractivity contribution < 1.29 is 4.79 Å². The smallest absolute Gasteiger partial charge is 0.315 e. The van der Waals surface area contributed by atoms with Crippen LogP contribution in [0.1, 0.15) is 36.0 Å². The van der Waals surface area contributed by atoms with Gasteiger partial charge in [0.15, 0.2) is 0 Å². The second kappa shape index (κ2) is 9.74. The van der Waals surface area contributed by atoms with Gasteiger partial charge in [-0.2, -0.15) is 0 Å². The fourth-order valence-corrected chi connectivity index (χ4v) is 4.15. The number of amides is 2. The zero-order valence-corrected chi connectivity index (χ0v) is 17.1. The van der Waals surface area contributed by atoms with Crippen LogP contribution < -0.4 is 15.5 Å². The van der Waals surface area contributed by atoms with Gasteiger partial charge in [0.1, 0.15) is 5.82 Å². The first-order chi connectivity index (χ1) is 14.3. The summed E-state index contributed by atoms with van der Waals surface area (Å²) in [5.74, 6) is 0.995. The van der Waals surface area contributed by atoms with Crippen LogP contribution in [0.3, 0.4) is 0 Å². The van der Waals surface area contributed by atoms with Gasteiger partial charge in [-0.25, -0.2) is 9.78 Å². The number of nitrogens with zero attached hydrogens (tertiary/aromatic N) is 3. The van der Waals surface area contributed by atoms with E-state index in [0.717, 1.165) is 50.5 Å². The number of benzene rings is 1. The Bertz CT molecular complexity index is 801. The third-order valence-corrected chi connectivity index (χ3v) is 5.88. The largest absolute Gasteiger partial charge is 0.352 e. The van der Waals surface area contributed by atoms with Gasteiger partial charge in [-0.1, -0.05) is 36.8 Å². The van der Waals surface area contributed by atoms with Crippen LogP contribution in [-0.2, 0) is 19.5 Å². The Balaban J connectivity index is 1.20. The molecule has 0 atom stereocenters. The number of piperidine rings is 1. The van der Waals surface area contributed by atoms with E-state index in [1.54, 1.807) is 0 Å². The first-order valence-corrected chi connectivity index (χ1v) is 10.8. The number of pyridine rings is 1. The average Bonchev–Trinajstić information content (AvgIpc) is 2.78. The Morgan fingerprint density at radius 3 is 2.59 bits per heavy atom. The van der Waals surface area contributed by atoms with Gasteiger partial charge in [0.2, 0.25) is 0 Å². The van der Waals surface area contributed by atoms with E-state index in [4.69, 9.17) is 0 Å². The first kappa shape index (κ1) is 19.7. The van der Waals surface area contributed by atoms with E-state index < -0.39 is 0 Å². The Morgan fingerprint density at radius 1 is 0.966 bits per heavy atom. The van der Waals surface area contributed by atoms with Gasteiger partial charge < -0.3 is 20.4 Å². The third kappa shape index (κ3) is 5.48. The van der Waals surface area contributed by atoms with Gasteiger partial charge in [0.25, 0.3) is 0 Å². The highest BCUT2D eigenvalue weighted by molar-refractivity contribution is 5.73. The molecule has 1 aromatic heterocycles. The molecule has 2 amide bonds. The van der Waals surface area contributed by atoms with Gasteiger partial charge >= 0.3 is 6.03 Å². The van der Waals surface area contributed by atoms with E-state index in [9.17, 15) is 4.79 Å². The molecule has 0 spiro atoms. The molecule has 0 radical (unpaired) electrons. The number of carbonyl (C=O) groups is 1.